The van der Waals surface area contributed by atoms with E-state index in [0.29, 0.717) is 5.69 Å². The largest absolute Gasteiger partial charge is 0.371 e. The van der Waals surface area contributed by atoms with E-state index in [0.717, 1.165) is 52.8 Å². The molecule has 0 saturated carbocycles. The average molecular weight is 355 g/mol. The highest BCUT2D eigenvalue weighted by Crippen LogP contribution is 2.29. The number of rotatable bonds is 2. The summed E-state index contributed by atoms with van der Waals surface area (Å²) in [6, 6.07) is 14.4. The smallest absolute Gasteiger partial charge is 0.141 e. The summed E-state index contributed by atoms with van der Waals surface area (Å²) in [5.41, 5.74) is 5.39. The third-order valence-corrected chi connectivity index (χ3v) is 4.99. The quantitative estimate of drug-likeness (QED) is 0.576. The normalized spacial score (nSPS) is 17.2. The van der Waals surface area contributed by atoms with Gasteiger partial charge in [-0.2, -0.15) is 5.26 Å². The number of hydrogen-bond acceptors (Lipinski definition) is 5. The molecule has 1 aliphatic heterocycles. The van der Waals surface area contributed by atoms with Gasteiger partial charge in [-0.3, -0.25) is 0 Å². The highest BCUT2D eigenvalue weighted by molar-refractivity contribution is 6.06. The molecule has 1 fully saturated rings. The van der Waals surface area contributed by atoms with Crippen LogP contribution in [0.25, 0.3) is 33.1 Å². The zero-order valence-corrected chi connectivity index (χ0v) is 14.6. The lowest BCUT2D eigenvalue weighted by atomic mass is 10.0. The van der Waals surface area contributed by atoms with E-state index in [-0.39, 0.29) is 6.10 Å². The Morgan fingerprint density at radius 2 is 1.93 bits per heavy atom. The van der Waals surface area contributed by atoms with Gasteiger partial charge in [-0.05, 0) is 23.3 Å². The molecule has 1 unspecified atom stereocenters. The minimum atomic E-state index is 0.110. The summed E-state index contributed by atoms with van der Waals surface area (Å²) >= 11 is 0. The van der Waals surface area contributed by atoms with Crippen LogP contribution in [0.3, 0.4) is 0 Å². The van der Waals surface area contributed by atoms with Crippen molar-refractivity contribution in [3.63, 3.8) is 0 Å². The lowest BCUT2D eigenvalue weighted by Gasteiger charge is -2.24. The van der Waals surface area contributed by atoms with Crippen LogP contribution < -0.4 is 5.32 Å². The number of pyridine rings is 2. The second-order valence-electron chi connectivity index (χ2n) is 6.66. The predicted molar refractivity (Wildman–Crippen MR) is 103 cm³/mol. The molecule has 0 bridgehead atoms. The third-order valence-electron chi connectivity index (χ3n) is 4.99. The van der Waals surface area contributed by atoms with E-state index < -0.39 is 0 Å². The highest BCUT2D eigenvalue weighted by Gasteiger charge is 2.15. The number of ether oxygens (including phenoxy) is 1. The molecule has 1 aliphatic rings. The van der Waals surface area contributed by atoms with Gasteiger partial charge in [0.1, 0.15) is 17.4 Å². The maximum atomic E-state index is 9.12. The molecule has 0 spiro atoms. The van der Waals surface area contributed by atoms with E-state index >= 15 is 0 Å². The molecule has 1 atom stereocenters. The topological polar surface area (TPSA) is 86.6 Å². The molecule has 4 aromatic rings. The van der Waals surface area contributed by atoms with E-state index in [2.05, 4.69) is 56.7 Å². The number of nitrogens with one attached hydrogen (secondary N) is 2. The number of benzene rings is 1. The number of nitrogens with zero attached hydrogens (tertiary/aromatic N) is 3. The van der Waals surface area contributed by atoms with E-state index in [1.165, 1.54) is 5.56 Å². The summed E-state index contributed by atoms with van der Waals surface area (Å²) < 4.78 is 5.82. The van der Waals surface area contributed by atoms with Crippen molar-refractivity contribution in [3.05, 3.63) is 60.0 Å². The van der Waals surface area contributed by atoms with Gasteiger partial charge in [-0.25, -0.2) is 9.97 Å². The fourth-order valence-corrected chi connectivity index (χ4v) is 3.56. The zero-order valence-electron chi connectivity index (χ0n) is 14.6. The molecule has 3 aromatic heterocycles. The van der Waals surface area contributed by atoms with Crippen LogP contribution in [-0.2, 0) is 4.74 Å². The van der Waals surface area contributed by atoms with Crippen LogP contribution in [0.15, 0.2) is 48.8 Å². The van der Waals surface area contributed by atoms with Gasteiger partial charge in [0.15, 0.2) is 0 Å². The number of fused-ring (bicyclic) bond motifs is 3. The van der Waals surface area contributed by atoms with Gasteiger partial charge < -0.3 is 15.0 Å². The van der Waals surface area contributed by atoms with Crippen LogP contribution in [-0.4, -0.2) is 34.6 Å². The first-order valence-electron chi connectivity index (χ1n) is 8.92. The molecular formula is C21H17N5O. The van der Waals surface area contributed by atoms with Crippen molar-refractivity contribution in [3.8, 4) is 17.2 Å². The maximum absolute atomic E-state index is 9.12. The standard InChI is InChI=1S/C21H17N5O/c22-9-16-8-17-18-7-15(10-25-21(18)26-19(17)11-24-16)13-1-3-14(4-2-13)20-12-23-5-6-27-20/h1-4,7-8,10-11,20,23H,5-6,12H2,(H,25,26). The lowest BCUT2D eigenvalue weighted by molar-refractivity contribution is 0.0277. The summed E-state index contributed by atoms with van der Waals surface area (Å²) in [4.78, 5) is 11.9. The summed E-state index contributed by atoms with van der Waals surface area (Å²) in [6.45, 7) is 2.50. The Hall–Kier alpha value is -3.27. The number of aromatic amines is 1. The molecule has 27 heavy (non-hydrogen) atoms. The van der Waals surface area contributed by atoms with Gasteiger partial charge in [-0.15, -0.1) is 0 Å². The van der Waals surface area contributed by atoms with Gasteiger partial charge in [0.05, 0.1) is 24.4 Å². The summed E-state index contributed by atoms with van der Waals surface area (Å²) in [7, 11) is 0. The summed E-state index contributed by atoms with van der Waals surface area (Å²) in [6.07, 6.45) is 3.66. The van der Waals surface area contributed by atoms with Gasteiger partial charge in [0.2, 0.25) is 0 Å². The number of morpholine rings is 1. The Kier molecular flexibility index (Phi) is 3.82. The molecule has 132 valence electrons. The number of aromatic nitrogens is 3. The van der Waals surface area contributed by atoms with Crippen LogP contribution in [0, 0.1) is 11.3 Å². The second kappa shape index (κ2) is 6.47. The Labute approximate surface area is 155 Å². The van der Waals surface area contributed by atoms with Gasteiger partial charge in [-0.1, -0.05) is 24.3 Å². The van der Waals surface area contributed by atoms with E-state index in [4.69, 9.17) is 10.00 Å². The first-order valence-corrected chi connectivity index (χ1v) is 8.92. The summed E-state index contributed by atoms with van der Waals surface area (Å²) in [5, 5.41) is 14.4. The van der Waals surface area contributed by atoms with E-state index in [9.17, 15) is 0 Å². The van der Waals surface area contributed by atoms with Crippen molar-refractivity contribution < 1.29 is 4.74 Å². The molecule has 0 amide bonds. The summed E-state index contributed by atoms with van der Waals surface area (Å²) in [5.74, 6) is 0. The Morgan fingerprint density at radius 3 is 2.70 bits per heavy atom. The second-order valence-corrected chi connectivity index (χ2v) is 6.66. The molecule has 0 aliphatic carbocycles. The molecule has 2 N–H and O–H groups in total. The van der Waals surface area contributed by atoms with E-state index in [1.807, 2.05) is 6.20 Å². The SMILES string of the molecule is N#Cc1cc2c(cn1)[nH]c1ncc(-c3ccc(C4CNCCO4)cc3)cc12. The highest BCUT2D eigenvalue weighted by atomic mass is 16.5. The van der Waals surface area contributed by atoms with Crippen molar-refractivity contribution in [2.24, 2.45) is 0 Å². The van der Waals surface area contributed by atoms with Gasteiger partial charge >= 0.3 is 0 Å². The molecule has 5 rings (SSSR count). The molecule has 4 heterocycles. The van der Waals surface area contributed by atoms with Crippen LogP contribution in [0.5, 0.6) is 0 Å². The maximum Gasteiger partial charge on any atom is 0.141 e. The van der Waals surface area contributed by atoms with Gasteiger partial charge in [0.25, 0.3) is 0 Å². The predicted octanol–water partition coefficient (Wildman–Crippen LogP) is 3.31. The first-order chi connectivity index (χ1) is 13.3. The lowest BCUT2D eigenvalue weighted by Crippen LogP contribution is -2.33. The average Bonchev–Trinajstić information content (AvgIpc) is 3.11. The Morgan fingerprint density at radius 1 is 1.04 bits per heavy atom. The van der Waals surface area contributed by atoms with Crippen molar-refractivity contribution in [2.75, 3.05) is 19.7 Å². The third kappa shape index (κ3) is 2.83. The van der Waals surface area contributed by atoms with Crippen molar-refractivity contribution in [2.45, 2.75) is 6.10 Å². The number of H-pyrrole nitrogens is 1. The number of nitriles is 1. The van der Waals surface area contributed by atoms with Gasteiger partial charge in [0, 0.05) is 35.6 Å². The molecule has 6 nitrogen and oxygen atoms in total. The van der Waals surface area contributed by atoms with Crippen LogP contribution >= 0.6 is 0 Å². The molecule has 1 aromatic carbocycles. The minimum absolute atomic E-state index is 0.110. The van der Waals surface area contributed by atoms with Crippen LogP contribution in [0.4, 0.5) is 0 Å². The molecular weight excluding hydrogens is 338 g/mol. The van der Waals surface area contributed by atoms with Crippen LogP contribution in [0.1, 0.15) is 17.4 Å². The number of hydrogen-bond donors (Lipinski definition) is 2. The first kappa shape index (κ1) is 15.9. The molecule has 1 saturated heterocycles. The van der Waals surface area contributed by atoms with Crippen molar-refractivity contribution in [1.82, 2.24) is 20.3 Å². The zero-order chi connectivity index (χ0) is 18.2. The fraction of sp³-hybridized carbons (Fsp3) is 0.190. The Balaban J connectivity index is 1.54. The van der Waals surface area contributed by atoms with Crippen molar-refractivity contribution in [1.29, 1.82) is 5.26 Å². The molecule has 6 heteroatoms. The molecule has 0 radical (unpaired) electrons. The monoisotopic (exact) mass is 355 g/mol. The Bertz CT molecular complexity index is 1170. The fourth-order valence-electron chi connectivity index (χ4n) is 3.56. The minimum Gasteiger partial charge on any atom is -0.371 e. The van der Waals surface area contributed by atoms with Crippen molar-refractivity contribution >= 4 is 21.9 Å². The van der Waals surface area contributed by atoms with E-state index in [1.54, 1.807) is 12.3 Å². The van der Waals surface area contributed by atoms with Crippen LogP contribution in [0.2, 0.25) is 0 Å².